The molecule has 94 valence electrons. The Balaban J connectivity index is 2.37. The zero-order valence-corrected chi connectivity index (χ0v) is 11.0. The van der Waals surface area contributed by atoms with Crippen LogP contribution in [0.5, 0.6) is 5.75 Å². The molecule has 0 radical (unpaired) electrons. The summed E-state index contributed by atoms with van der Waals surface area (Å²) < 4.78 is 7.20. The molecule has 2 heterocycles. The Morgan fingerprint density at radius 2 is 2.22 bits per heavy atom. The van der Waals surface area contributed by atoms with Gasteiger partial charge in [0.1, 0.15) is 4.99 Å². The van der Waals surface area contributed by atoms with Crippen LogP contribution in [0.3, 0.4) is 0 Å². The lowest BCUT2D eigenvalue weighted by molar-refractivity contribution is 0.242. The van der Waals surface area contributed by atoms with Crippen molar-refractivity contribution in [2.75, 3.05) is 0 Å². The topological polar surface area (TPSA) is 66.0 Å². The van der Waals surface area contributed by atoms with Crippen LogP contribution in [0.15, 0.2) is 30.9 Å². The third kappa shape index (κ3) is 2.65. The first-order chi connectivity index (χ1) is 8.58. The first-order valence-corrected chi connectivity index (χ1v) is 5.94. The molecule has 0 fully saturated rings. The SMILES string of the molecule is CC(C)Oc1cnn(-c2cnccc2C(N)=S)c1. The van der Waals surface area contributed by atoms with Gasteiger partial charge in [0.15, 0.2) is 5.75 Å². The monoisotopic (exact) mass is 262 g/mol. The fourth-order valence-electron chi connectivity index (χ4n) is 1.55. The van der Waals surface area contributed by atoms with Crippen LogP contribution in [0.25, 0.3) is 5.69 Å². The predicted octanol–water partition coefficient (Wildman–Crippen LogP) is 1.69. The van der Waals surface area contributed by atoms with E-state index in [9.17, 15) is 0 Å². The lowest BCUT2D eigenvalue weighted by Crippen LogP contribution is -2.13. The fourth-order valence-corrected chi connectivity index (χ4v) is 1.72. The minimum absolute atomic E-state index is 0.103. The first kappa shape index (κ1) is 12.5. The molecule has 2 aromatic rings. The molecule has 0 aliphatic carbocycles. The Morgan fingerprint density at radius 3 is 2.89 bits per heavy atom. The highest BCUT2D eigenvalue weighted by Gasteiger charge is 2.09. The maximum Gasteiger partial charge on any atom is 0.158 e. The average Bonchev–Trinajstić information content (AvgIpc) is 2.76. The van der Waals surface area contributed by atoms with E-state index in [2.05, 4.69) is 10.1 Å². The van der Waals surface area contributed by atoms with Gasteiger partial charge in [-0.3, -0.25) is 4.98 Å². The van der Waals surface area contributed by atoms with E-state index in [4.69, 9.17) is 22.7 Å². The Morgan fingerprint density at radius 1 is 1.44 bits per heavy atom. The Labute approximate surface area is 111 Å². The number of hydrogen-bond acceptors (Lipinski definition) is 4. The quantitative estimate of drug-likeness (QED) is 0.849. The second kappa shape index (κ2) is 5.14. The second-order valence-corrected chi connectivity index (χ2v) is 4.48. The van der Waals surface area contributed by atoms with Gasteiger partial charge in [0, 0.05) is 11.8 Å². The molecule has 5 nitrogen and oxygen atoms in total. The van der Waals surface area contributed by atoms with E-state index in [1.54, 1.807) is 35.5 Å². The minimum atomic E-state index is 0.103. The highest BCUT2D eigenvalue weighted by atomic mass is 32.1. The minimum Gasteiger partial charge on any atom is -0.488 e. The molecule has 2 rings (SSSR count). The lowest BCUT2D eigenvalue weighted by atomic mass is 10.2. The first-order valence-electron chi connectivity index (χ1n) is 5.53. The number of thiocarbonyl (C=S) groups is 1. The molecule has 0 aliphatic rings. The van der Waals surface area contributed by atoms with Crippen molar-refractivity contribution < 1.29 is 4.74 Å². The summed E-state index contributed by atoms with van der Waals surface area (Å²) in [5.41, 5.74) is 7.15. The van der Waals surface area contributed by atoms with Gasteiger partial charge in [-0.15, -0.1) is 0 Å². The van der Waals surface area contributed by atoms with Crippen molar-refractivity contribution in [3.8, 4) is 11.4 Å². The van der Waals surface area contributed by atoms with Crippen molar-refractivity contribution in [1.29, 1.82) is 0 Å². The van der Waals surface area contributed by atoms with Crippen molar-refractivity contribution in [3.63, 3.8) is 0 Å². The molecule has 2 N–H and O–H groups in total. The van der Waals surface area contributed by atoms with E-state index < -0.39 is 0 Å². The molecule has 0 saturated heterocycles. The molecular formula is C12H14N4OS. The maximum atomic E-state index is 5.67. The van der Waals surface area contributed by atoms with Gasteiger partial charge in [-0.2, -0.15) is 5.10 Å². The largest absolute Gasteiger partial charge is 0.488 e. The average molecular weight is 262 g/mol. The van der Waals surface area contributed by atoms with Crippen molar-refractivity contribution in [2.24, 2.45) is 5.73 Å². The summed E-state index contributed by atoms with van der Waals surface area (Å²) in [4.78, 5) is 4.37. The van der Waals surface area contributed by atoms with Crippen LogP contribution in [0, 0.1) is 0 Å². The van der Waals surface area contributed by atoms with Gasteiger partial charge in [-0.25, -0.2) is 4.68 Å². The molecule has 0 aliphatic heterocycles. The van der Waals surface area contributed by atoms with Crippen LogP contribution in [0.2, 0.25) is 0 Å². The molecule has 0 amide bonds. The van der Waals surface area contributed by atoms with Crippen molar-refractivity contribution >= 4 is 17.2 Å². The van der Waals surface area contributed by atoms with Crippen molar-refractivity contribution in [1.82, 2.24) is 14.8 Å². The van der Waals surface area contributed by atoms with E-state index in [1.807, 2.05) is 13.8 Å². The third-order valence-electron chi connectivity index (χ3n) is 2.24. The van der Waals surface area contributed by atoms with Crippen LogP contribution in [-0.2, 0) is 0 Å². The Hall–Kier alpha value is -1.95. The van der Waals surface area contributed by atoms with E-state index in [-0.39, 0.29) is 6.10 Å². The summed E-state index contributed by atoms with van der Waals surface area (Å²) in [6.45, 7) is 3.92. The van der Waals surface area contributed by atoms with Crippen LogP contribution in [0.4, 0.5) is 0 Å². The fraction of sp³-hybridized carbons (Fsp3) is 0.250. The molecular weight excluding hydrogens is 248 g/mol. The summed E-state index contributed by atoms with van der Waals surface area (Å²) in [5, 5.41) is 4.22. The molecule has 6 heteroatoms. The summed E-state index contributed by atoms with van der Waals surface area (Å²) in [6.07, 6.45) is 6.84. The molecule has 2 aromatic heterocycles. The molecule has 18 heavy (non-hydrogen) atoms. The Bertz CT molecular complexity index is 565. The standard InChI is InChI=1S/C12H14N4OS/c1-8(2)17-9-5-15-16(7-9)11-6-14-4-3-10(11)12(13)18/h3-8H,1-2H3,(H2,13,18). The van der Waals surface area contributed by atoms with Gasteiger partial charge >= 0.3 is 0 Å². The van der Waals surface area contributed by atoms with E-state index in [0.29, 0.717) is 10.7 Å². The molecule has 0 spiro atoms. The number of nitrogens with zero attached hydrogens (tertiary/aromatic N) is 3. The van der Waals surface area contributed by atoms with Gasteiger partial charge in [0.25, 0.3) is 0 Å². The summed E-state index contributed by atoms with van der Waals surface area (Å²) in [7, 11) is 0. The number of ether oxygens (including phenoxy) is 1. The van der Waals surface area contributed by atoms with Gasteiger partial charge in [0.05, 0.1) is 30.4 Å². The van der Waals surface area contributed by atoms with Crippen LogP contribution < -0.4 is 10.5 Å². The lowest BCUT2D eigenvalue weighted by Gasteiger charge is -2.07. The summed E-state index contributed by atoms with van der Waals surface area (Å²) >= 11 is 5.00. The molecule has 0 aromatic carbocycles. The summed E-state index contributed by atoms with van der Waals surface area (Å²) in [5.74, 6) is 0.697. The van der Waals surface area contributed by atoms with Crippen LogP contribution >= 0.6 is 12.2 Å². The van der Waals surface area contributed by atoms with Crippen molar-refractivity contribution in [3.05, 3.63) is 36.4 Å². The van der Waals surface area contributed by atoms with Crippen LogP contribution in [-0.4, -0.2) is 25.9 Å². The maximum absolute atomic E-state index is 5.67. The number of rotatable bonds is 4. The van der Waals surface area contributed by atoms with E-state index in [1.165, 1.54) is 0 Å². The van der Waals surface area contributed by atoms with Gasteiger partial charge in [-0.05, 0) is 19.9 Å². The van der Waals surface area contributed by atoms with Gasteiger partial charge < -0.3 is 10.5 Å². The summed E-state index contributed by atoms with van der Waals surface area (Å²) in [6, 6.07) is 1.77. The van der Waals surface area contributed by atoms with Gasteiger partial charge in [-0.1, -0.05) is 12.2 Å². The molecule has 0 bridgehead atoms. The zero-order valence-electron chi connectivity index (χ0n) is 10.2. The zero-order chi connectivity index (χ0) is 13.1. The number of aromatic nitrogens is 3. The smallest absolute Gasteiger partial charge is 0.158 e. The molecule has 0 atom stereocenters. The molecule has 0 saturated carbocycles. The third-order valence-corrected chi connectivity index (χ3v) is 2.46. The normalized spacial score (nSPS) is 10.6. The van der Waals surface area contributed by atoms with Gasteiger partial charge in [0.2, 0.25) is 0 Å². The predicted molar refractivity (Wildman–Crippen MR) is 73.0 cm³/mol. The van der Waals surface area contributed by atoms with Crippen molar-refractivity contribution in [2.45, 2.75) is 20.0 Å². The highest BCUT2D eigenvalue weighted by molar-refractivity contribution is 7.80. The Kier molecular flexibility index (Phi) is 3.57. The highest BCUT2D eigenvalue weighted by Crippen LogP contribution is 2.17. The van der Waals surface area contributed by atoms with Crippen LogP contribution in [0.1, 0.15) is 19.4 Å². The molecule has 0 unspecified atom stereocenters. The number of pyridine rings is 1. The van der Waals surface area contributed by atoms with E-state index >= 15 is 0 Å². The number of nitrogens with two attached hydrogens (primary N) is 1. The second-order valence-electron chi connectivity index (χ2n) is 4.04. The number of hydrogen-bond donors (Lipinski definition) is 1. The van der Waals surface area contributed by atoms with E-state index in [0.717, 1.165) is 11.3 Å².